The Labute approximate surface area is 130 Å². The molecule has 7 nitrogen and oxygen atoms in total. The van der Waals surface area contributed by atoms with Gasteiger partial charge in [0.25, 0.3) is 5.56 Å². The Balaban J connectivity index is 2.17. The second-order valence-electron chi connectivity index (χ2n) is 4.96. The topological polar surface area (TPSA) is 89.9 Å². The zero-order chi connectivity index (χ0) is 16.6. The molecule has 0 radical (unpaired) electrons. The number of nitrogens with zero attached hydrogens (tertiary/aromatic N) is 4. The van der Waals surface area contributed by atoms with E-state index in [1.54, 1.807) is 12.1 Å². The minimum absolute atomic E-state index is 0.0994. The largest absolute Gasteiger partial charge is 0.437 e. The highest BCUT2D eigenvalue weighted by molar-refractivity contribution is 5.79. The summed E-state index contributed by atoms with van der Waals surface area (Å²) in [6, 6.07) is 11.0. The predicted molar refractivity (Wildman–Crippen MR) is 83.5 cm³/mol. The van der Waals surface area contributed by atoms with Gasteiger partial charge in [0.15, 0.2) is 5.56 Å². The summed E-state index contributed by atoms with van der Waals surface area (Å²) in [4.78, 5) is 28.3. The standard InChI is InChI=1S/C16H12N4O3/c1-19-14(21)12(8-17)15(20(2)16(19)22)23-11-7-10-5-3-4-6-13(10)18-9-11/h3-7,9H,1-2H3. The lowest BCUT2D eigenvalue weighted by Gasteiger charge is -2.12. The first-order valence-electron chi connectivity index (χ1n) is 6.75. The molecule has 0 N–H and O–H groups in total. The van der Waals surface area contributed by atoms with E-state index in [1.165, 1.54) is 20.3 Å². The van der Waals surface area contributed by atoms with Gasteiger partial charge in [-0.05, 0) is 12.1 Å². The first kappa shape index (κ1) is 14.5. The molecule has 0 aliphatic rings. The number of nitriles is 1. The van der Waals surface area contributed by atoms with Crippen molar-refractivity contribution in [2.75, 3.05) is 0 Å². The molecule has 3 aromatic rings. The van der Waals surface area contributed by atoms with Crippen LogP contribution in [-0.4, -0.2) is 14.1 Å². The first-order chi connectivity index (χ1) is 11.0. The molecule has 3 rings (SSSR count). The van der Waals surface area contributed by atoms with Crippen LogP contribution in [0.15, 0.2) is 46.1 Å². The second-order valence-corrected chi connectivity index (χ2v) is 4.96. The third-order valence-corrected chi connectivity index (χ3v) is 3.50. The summed E-state index contributed by atoms with van der Waals surface area (Å²) in [6.45, 7) is 0. The lowest BCUT2D eigenvalue weighted by Crippen LogP contribution is -2.38. The minimum atomic E-state index is -0.695. The first-order valence-corrected chi connectivity index (χ1v) is 6.75. The van der Waals surface area contributed by atoms with Gasteiger partial charge in [-0.1, -0.05) is 18.2 Å². The van der Waals surface area contributed by atoms with Crippen molar-refractivity contribution < 1.29 is 4.74 Å². The summed E-state index contributed by atoms with van der Waals surface area (Å²) in [7, 11) is 2.75. The number of hydrogen-bond donors (Lipinski definition) is 0. The summed E-state index contributed by atoms with van der Waals surface area (Å²) >= 11 is 0. The van der Waals surface area contributed by atoms with Crippen LogP contribution in [0.1, 0.15) is 5.56 Å². The van der Waals surface area contributed by atoms with Crippen LogP contribution in [0.4, 0.5) is 0 Å². The summed E-state index contributed by atoms with van der Waals surface area (Å²) in [6.07, 6.45) is 1.48. The molecule has 7 heteroatoms. The maximum absolute atomic E-state index is 12.0. The monoisotopic (exact) mass is 308 g/mol. The molecule has 0 unspecified atom stereocenters. The van der Waals surface area contributed by atoms with Crippen molar-refractivity contribution >= 4 is 10.9 Å². The van der Waals surface area contributed by atoms with Gasteiger partial charge >= 0.3 is 5.69 Å². The number of ether oxygens (including phenoxy) is 1. The molecule has 2 aromatic heterocycles. The highest BCUT2D eigenvalue weighted by Gasteiger charge is 2.17. The molecular weight excluding hydrogens is 296 g/mol. The van der Waals surface area contributed by atoms with Crippen LogP contribution >= 0.6 is 0 Å². The molecule has 0 fully saturated rings. The number of pyridine rings is 1. The number of rotatable bonds is 2. The predicted octanol–water partition coefficient (Wildman–Crippen LogP) is 1.30. The van der Waals surface area contributed by atoms with Gasteiger partial charge in [0.1, 0.15) is 11.8 Å². The maximum atomic E-state index is 12.0. The highest BCUT2D eigenvalue weighted by atomic mass is 16.5. The average molecular weight is 308 g/mol. The van der Waals surface area contributed by atoms with E-state index in [2.05, 4.69) is 4.98 Å². The second kappa shape index (κ2) is 5.42. The third kappa shape index (κ3) is 2.36. The smallest absolute Gasteiger partial charge is 0.333 e. The van der Waals surface area contributed by atoms with Crippen LogP contribution in [0.25, 0.3) is 10.9 Å². The van der Waals surface area contributed by atoms with Crippen molar-refractivity contribution in [3.05, 3.63) is 62.9 Å². The van der Waals surface area contributed by atoms with Gasteiger partial charge in [-0.3, -0.25) is 18.9 Å². The zero-order valence-electron chi connectivity index (χ0n) is 12.5. The molecule has 0 spiro atoms. The van der Waals surface area contributed by atoms with Gasteiger partial charge in [-0.25, -0.2) is 4.79 Å². The normalized spacial score (nSPS) is 10.5. The van der Waals surface area contributed by atoms with Crippen LogP contribution in [0.3, 0.4) is 0 Å². The van der Waals surface area contributed by atoms with Gasteiger partial charge in [0.2, 0.25) is 5.88 Å². The summed E-state index contributed by atoms with van der Waals surface area (Å²) in [5, 5.41) is 10.1. The third-order valence-electron chi connectivity index (χ3n) is 3.50. The van der Waals surface area contributed by atoms with Gasteiger partial charge in [0.05, 0.1) is 11.7 Å². The molecule has 1 aromatic carbocycles. The quantitative estimate of drug-likeness (QED) is 0.711. The fraction of sp³-hybridized carbons (Fsp3) is 0.125. The van der Waals surface area contributed by atoms with E-state index in [4.69, 9.17) is 4.74 Å². The van der Waals surface area contributed by atoms with E-state index in [-0.39, 0.29) is 11.4 Å². The molecular formula is C16H12N4O3. The molecule has 114 valence electrons. The molecule has 0 amide bonds. The van der Waals surface area contributed by atoms with E-state index in [0.29, 0.717) is 5.75 Å². The van der Waals surface area contributed by atoms with Crippen LogP contribution < -0.4 is 16.0 Å². The molecule has 2 heterocycles. The molecule has 0 aliphatic carbocycles. The molecule has 0 atom stereocenters. The van der Waals surface area contributed by atoms with E-state index < -0.39 is 11.2 Å². The van der Waals surface area contributed by atoms with Crippen LogP contribution in [-0.2, 0) is 14.1 Å². The van der Waals surface area contributed by atoms with Gasteiger partial charge in [-0.2, -0.15) is 5.26 Å². The van der Waals surface area contributed by atoms with Crippen LogP contribution in [0.2, 0.25) is 0 Å². The Morgan fingerprint density at radius 2 is 1.91 bits per heavy atom. The van der Waals surface area contributed by atoms with Crippen LogP contribution in [0.5, 0.6) is 11.6 Å². The minimum Gasteiger partial charge on any atom is -0.437 e. The number of benzene rings is 1. The summed E-state index contributed by atoms with van der Waals surface area (Å²) < 4.78 is 7.61. The average Bonchev–Trinajstić information content (AvgIpc) is 2.58. The fourth-order valence-electron chi connectivity index (χ4n) is 2.26. The number of fused-ring (bicyclic) bond motifs is 1. The molecule has 0 aliphatic heterocycles. The Kier molecular flexibility index (Phi) is 3.43. The Morgan fingerprint density at radius 1 is 1.17 bits per heavy atom. The molecule has 0 saturated carbocycles. The van der Waals surface area contributed by atoms with E-state index in [9.17, 15) is 14.9 Å². The molecule has 0 bridgehead atoms. The van der Waals surface area contributed by atoms with Crippen molar-refractivity contribution in [2.45, 2.75) is 0 Å². The molecule has 0 saturated heterocycles. The van der Waals surface area contributed by atoms with Gasteiger partial charge in [-0.15, -0.1) is 0 Å². The molecule has 23 heavy (non-hydrogen) atoms. The summed E-state index contributed by atoms with van der Waals surface area (Å²) in [5.41, 5.74) is -0.710. The lowest BCUT2D eigenvalue weighted by molar-refractivity contribution is 0.420. The maximum Gasteiger partial charge on any atom is 0.333 e. The number of aromatic nitrogens is 3. The van der Waals surface area contributed by atoms with Crippen molar-refractivity contribution in [1.29, 1.82) is 5.26 Å². The SMILES string of the molecule is Cn1c(Oc2cnc3ccccc3c2)c(C#N)c(=O)n(C)c1=O. The Hall–Kier alpha value is -3.40. The Morgan fingerprint density at radius 3 is 2.65 bits per heavy atom. The van der Waals surface area contributed by atoms with E-state index in [1.807, 2.05) is 24.3 Å². The Bertz CT molecular complexity index is 1070. The van der Waals surface area contributed by atoms with Crippen molar-refractivity contribution in [3.8, 4) is 17.7 Å². The zero-order valence-corrected chi connectivity index (χ0v) is 12.5. The van der Waals surface area contributed by atoms with Crippen molar-refractivity contribution in [3.63, 3.8) is 0 Å². The number of para-hydroxylation sites is 1. The highest BCUT2D eigenvalue weighted by Crippen LogP contribution is 2.24. The van der Waals surface area contributed by atoms with Gasteiger partial charge in [0, 0.05) is 19.5 Å². The van der Waals surface area contributed by atoms with Gasteiger partial charge < -0.3 is 4.74 Å². The summed E-state index contributed by atoms with van der Waals surface area (Å²) in [5.74, 6) is 0.237. The van der Waals surface area contributed by atoms with Crippen molar-refractivity contribution in [2.24, 2.45) is 14.1 Å². The van der Waals surface area contributed by atoms with Crippen molar-refractivity contribution in [1.82, 2.24) is 14.1 Å². The lowest BCUT2D eigenvalue weighted by atomic mass is 10.2. The van der Waals surface area contributed by atoms with E-state index in [0.717, 1.165) is 20.0 Å². The van der Waals surface area contributed by atoms with E-state index >= 15 is 0 Å². The fourth-order valence-corrected chi connectivity index (χ4v) is 2.26. The van der Waals surface area contributed by atoms with Crippen LogP contribution in [0, 0.1) is 11.3 Å². The number of hydrogen-bond acceptors (Lipinski definition) is 5.